The Labute approximate surface area is 183 Å². The minimum atomic E-state index is -0.430. The van der Waals surface area contributed by atoms with Gasteiger partial charge in [0.05, 0.1) is 23.6 Å². The summed E-state index contributed by atoms with van der Waals surface area (Å²) in [6.07, 6.45) is 0. The first-order chi connectivity index (χ1) is 14.5. The van der Waals surface area contributed by atoms with Gasteiger partial charge in [0.25, 0.3) is 11.8 Å². The first-order valence-corrected chi connectivity index (χ1v) is 10.7. The van der Waals surface area contributed by atoms with Crippen LogP contribution in [-0.2, 0) is 9.59 Å². The first-order valence-electron chi connectivity index (χ1n) is 9.43. The normalized spacial score (nSPS) is 13.9. The summed E-state index contributed by atoms with van der Waals surface area (Å²) in [4.78, 5) is 28.8. The molecule has 1 aromatic heterocycles. The van der Waals surface area contributed by atoms with Gasteiger partial charge >= 0.3 is 0 Å². The zero-order valence-electron chi connectivity index (χ0n) is 16.4. The number of imide groups is 1. The van der Waals surface area contributed by atoms with Crippen LogP contribution in [-0.4, -0.2) is 18.4 Å². The minimum absolute atomic E-state index is 0.217. The number of amides is 2. The van der Waals surface area contributed by atoms with Crippen molar-refractivity contribution in [2.24, 2.45) is 0 Å². The average Bonchev–Trinajstić information content (AvgIpc) is 3.33. The summed E-state index contributed by atoms with van der Waals surface area (Å²) in [7, 11) is 0. The topological polar surface area (TPSA) is 58.6 Å². The SMILES string of the molecule is CCOc1ccccc1NC1=C(c2cccs2)C(=O)N(c2cccc(Cl)c2C)C1=O. The Hall–Kier alpha value is -3.09. The third kappa shape index (κ3) is 3.49. The molecule has 0 aliphatic carbocycles. The maximum atomic E-state index is 13.5. The smallest absolute Gasteiger partial charge is 0.282 e. The Morgan fingerprint density at radius 2 is 1.83 bits per heavy atom. The van der Waals surface area contributed by atoms with Crippen molar-refractivity contribution in [3.05, 3.63) is 81.1 Å². The van der Waals surface area contributed by atoms with Gasteiger partial charge in [-0.2, -0.15) is 0 Å². The van der Waals surface area contributed by atoms with Crippen molar-refractivity contribution in [1.29, 1.82) is 0 Å². The number of ether oxygens (including phenoxy) is 1. The van der Waals surface area contributed by atoms with E-state index in [1.54, 1.807) is 25.1 Å². The van der Waals surface area contributed by atoms with Crippen molar-refractivity contribution in [1.82, 2.24) is 0 Å². The number of nitrogens with one attached hydrogen (secondary N) is 1. The van der Waals surface area contributed by atoms with Crippen molar-refractivity contribution >= 4 is 51.7 Å². The van der Waals surface area contributed by atoms with Crippen molar-refractivity contribution in [2.75, 3.05) is 16.8 Å². The Morgan fingerprint density at radius 3 is 2.57 bits per heavy atom. The molecule has 2 heterocycles. The van der Waals surface area contributed by atoms with Crippen molar-refractivity contribution < 1.29 is 14.3 Å². The van der Waals surface area contributed by atoms with Crippen LogP contribution in [0, 0.1) is 6.92 Å². The molecular weight excluding hydrogens is 420 g/mol. The van der Waals surface area contributed by atoms with Crippen LogP contribution < -0.4 is 15.0 Å². The molecule has 2 amide bonds. The molecule has 1 N–H and O–H groups in total. The molecule has 2 aromatic carbocycles. The Kier molecular flexibility index (Phi) is 5.61. The molecule has 0 spiro atoms. The fourth-order valence-corrected chi connectivity index (χ4v) is 4.28. The summed E-state index contributed by atoms with van der Waals surface area (Å²) in [6, 6.07) is 16.2. The number of halogens is 1. The number of rotatable bonds is 6. The van der Waals surface area contributed by atoms with Gasteiger partial charge in [-0.3, -0.25) is 9.59 Å². The van der Waals surface area contributed by atoms with Gasteiger partial charge in [-0.15, -0.1) is 11.3 Å². The quantitative estimate of drug-likeness (QED) is 0.516. The van der Waals surface area contributed by atoms with Crippen LogP contribution in [0.4, 0.5) is 11.4 Å². The number of hydrogen-bond donors (Lipinski definition) is 1. The fourth-order valence-electron chi connectivity index (χ4n) is 3.34. The maximum absolute atomic E-state index is 13.5. The highest BCUT2D eigenvalue weighted by atomic mass is 35.5. The van der Waals surface area contributed by atoms with E-state index in [0.29, 0.717) is 44.8 Å². The molecule has 7 heteroatoms. The van der Waals surface area contributed by atoms with E-state index in [-0.39, 0.29) is 11.6 Å². The second-order valence-corrected chi connectivity index (χ2v) is 7.97. The van der Waals surface area contributed by atoms with Crippen LogP contribution in [0.25, 0.3) is 5.57 Å². The summed E-state index contributed by atoms with van der Waals surface area (Å²) in [5, 5.41) is 5.53. The molecule has 4 rings (SSSR count). The van der Waals surface area contributed by atoms with Gasteiger partial charge in [0.1, 0.15) is 11.4 Å². The average molecular weight is 439 g/mol. The van der Waals surface area contributed by atoms with E-state index in [4.69, 9.17) is 16.3 Å². The first kappa shape index (κ1) is 20.2. The summed E-state index contributed by atoms with van der Waals surface area (Å²) < 4.78 is 5.67. The molecule has 0 unspecified atom stereocenters. The molecule has 0 fully saturated rings. The van der Waals surface area contributed by atoms with Crippen molar-refractivity contribution in [3.63, 3.8) is 0 Å². The molecule has 1 aliphatic rings. The lowest BCUT2D eigenvalue weighted by Gasteiger charge is -2.18. The van der Waals surface area contributed by atoms with Crippen molar-refractivity contribution in [3.8, 4) is 5.75 Å². The highest BCUT2D eigenvalue weighted by Gasteiger charge is 2.41. The van der Waals surface area contributed by atoms with E-state index in [2.05, 4.69) is 5.32 Å². The number of benzene rings is 2. The van der Waals surface area contributed by atoms with Gasteiger partial charge in [-0.25, -0.2) is 4.90 Å². The van der Waals surface area contributed by atoms with Crippen LogP contribution in [0.5, 0.6) is 5.75 Å². The summed E-state index contributed by atoms with van der Waals surface area (Å²) in [6.45, 7) is 4.16. The zero-order valence-corrected chi connectivity index (χ0v) is 18.0. The largest absolute Gasteiger partial charge is 0.492 e. The predicted molar refractivity (Wildman–Crippen MR) is 121 cm³/mol. The van der Waals surface area contributed by atoms with Crippen LogP contribution in [0.15, 0.2) is 65.7 Å². The molecule has 1 aliphatic heterocycles. The maximum Gasteiger partial charge on any atom is 0.282 e. The number of para-hydroxylation sites is 2. The number of hydrogen-bond acceptors (Lipinski definition) is 5. The van der Waals surface area contributed by atoms with Gasteiger partial charge in [-0.05, 0) is 55.1 Å². The minimum Gasteiger partial charge on any atom is -0.492 e. The summed E-state index contributed by atoms with van der Waals surface area (Å²) in [5.41, 5.74) is 2.31. The third-order valence-electron chi connectivity index (χ3n) is 4.78. The summed E-state index contributed by atoms with van der Waals surface area (Å²) in [5.74, 6) is -0.208. The monoisotopic (exact) mass is 438 g/mol. The standard InChI is InChI=1S/C23H19ClN2O3S/c1-3-29-18-11-5-4-9-16(18)25-21-20(19-12-7-13-30-19)22(27)26(23(21)28)17-10-6-8-15(24)14(17)2/h4-13,25H,3H2,1-2H3. The van der Waals surface area contributed by atoms with E-state index in [1.165, 1.54) is 16.2 Å². The van der Waals surface area contributed by atoms with Gasteiger partial charge in [0.2, 0.25) is 0 Å². The molecule has 0 bridgehead atoms. The predicted octanol–water partition coefficient (Wildman–Crippen LogP) is 5.51. The number of thiophene rings is 1. The Bertz CT molecular complexity index is 1160. The van der Waals surface area contributed by atoms with Crippen LogP contribution in [0.2, 0.25) is 5.02 Å². The van der Waals surface area contributed by atoms with E-state index in [9.17, 15) is 9.59 Å². The van der Waals surface area contributed by atoms with E-state index < -0.39 is 5.91 Å². The molecule has 0 radical (unpaired) electrons. The molecule has 0 atom stereocenters. The van der Waals surface area contributed by atoms with Gasteiger partial charge in [-0.1, -0.05) is 35.9 Å². The molecule has 152 valence electrons. The Morgan fingerprint density at radius 1 is 1.03 bits per heavy atom. The molecule has 5 nitrogen and oxygen atoms in total. The number of carbonyl (C=O) groups is 2. The third-order valence-corrected chi connectivity index (χ3v) is 6.07. The molecule has 3 aromatic rings. The fraction of sp³-hybridized carbons (Fsp3) is 0.130. The molecule has 30 heavy (non-hydrogen) atoms. The second-order valence-electron chi connectivity index (χ2n) is 6.61. The lowest BCUT2D eigenvalue weighted by molar-refractivity contribution is -0.120. The highest BCUT2D eigenvalue weighted by Crippen LogP contribution is 2.38. The van der Waals surface area contributed by atoms with Crippen LogP contribution in [0.1, 0.15) is 17.4 Å². The lowest BCUT2D eigenvalue weighted by atomic mass is 10.1. The van der Waals surface area contributed by atoms with Crippen LogP contribution in [0.3, 0.4) is 0 Å². The molecule has 0 saturated carbocycles. The van der Waals surface area contributed by atoms with E-state index in [0.717, 1.165) is 0 Å². The van der Waals surface area contributed by atoms with Crippen LogP contribution >= 0.6 is 22.9 Å². The number of carbonyl (C=O) groups excluding carboxylic acids is 2. The van der Waals surface area contributed by atoms with E-state index >= 15 is 0 Å². The lowest BCUT2D eigenvalue weighted by Crippen LogP contribution is -2.33. The van der Waals surface area contributed by atoms with Gasteiger partial charge < -0.3 is 10.1 Å². The van der Waals surface area contributed by atoms with Gasteiger partial charge in [0.15, 0.2) is 0 Å². The molecular formula is C23H19ClN2O3S. The zero-order chi connectivity index (χ0) is 21.3. The second kappa shape index (κ2) is 8.34. The van der Waals surface area contributed by atoms with E-state index in [1.807, 2.05) is 48.7 Å². The highest BCUT2D eigenvalue weighted by molar-refractivity contribution is 7.11. The van der Waals surface area contributed by atoms with Gasteiger partial charge in [0, 0.05) is 9.90 Å². The summed E-state index contributed by atoms with van der Waals surface area (Å²) >= 11 is 7.66. The number of nitrogens with zero attached hydrogens (tertiary/aromatic N) is 1. The van der Waals surface area contributed by atoms with Crippen molar-refractivity contribution in [2.45, 2.75) is 13.8 Å². The molecule has 0 saturated heterocycles. The Balaban J connectivity index is 1.83. The number of anilines is 2.